The number of halogens is 1. The Balaban J connectivity index is 1.57. The molecule has 2 aromatic rings. The highest BCUT2D eigenvalue weighted by molar-refractivity contribution is 8.18. The van der Waals surface area contributed by atoms with Gasteiger partial charge in [0.15, 0.2) is 0 Å². The van der Waals surface area contributed by atoms with Crippen LogP contribution in [0.1, 0.15) is 44.2 Å². The molecule has 0 aromatic heterocycles. The van der Waals surface area contributed by atoms with E-state index < -0.39 is 17.1 Å². The quantitative estimate of drug-likeness (QED) is 0.513. The van der Waals surface area contributed by atoms with E-state index in [1.54, 1.807) is 37.5 Å². The van der Waals surface area contributed by atoms with Crippen molar-refractivity contribution in [3.05, 3.63) is 57.5 Å². The van der Waals surface area contributed by atoms with Gasteiger partial charge >= 0.3 is 0 Å². The number of ether oxygens (including phenoxy) is 1. The number of fused-ring (bicyclic) bond motifs is 1. The summed E-state index contributed by atoms with van der Waals surface area (Å²) >= 11 is 6.68. The van der Waals surface area contributed by atoms with Crippen LogP contribution in [0.15, 0.2) is 41.3 Å². The standard InChI is InChI=1S/C26H28ClN3O4S/c1-15-13-26(2,3)29(4)20-12-21(34-5)16(10-19(15)20)11-22-24(32)30(25(33)35-22)14-23(31)28-18-8-6-17(27)7-9-18/h6-12,15H,13-14H2,1-5H3,(H,28,31)/b22-11+. The molecule has 9 heteroatoms. The minimum atomic E-state index is -0.502. The molecule has 4 rings (SSSR count). The zero-order valence-electron chi connectivity index (χ0n) is 20.3. The number of nitrogens with zero attached hydrogens (tertiary/aromatic N) is 2. The normalized spacial score (nSPS) is 20.3. The maximum Gasteiger partial charge on any atom is 0.294 e. The average molecular weight is 514 g/mol. The van der Waals surface area contributed by atoms with Crippen molar-refractivity contribution in [3.63, 3.8) is 0 Å². The van der Waals surface area contributed by atoms with Crippen molar-refractivity contribution in [1.29, 1.82) is 0 Å². The van der Waals surface area contributed by atoms with Crippen LogP contribution in [0.5, 0.6) is 5.75 Å². The van der Waals surface area contributed by atoms with Gasteiger partial charge in [-0.05, 0) is 79.9 Å². The summed E-state index contributed by atoms with van der Waals surface area (Å²) in [6.45, 7) is 6.25. The molecule has 1 N–H and O–H groups in total. The lowest BCUT2D eigenvalue weighted by Gasteiger charge is -2.45. The van der Waals surface area contributed by atoms with E-state index in [4.69, 9.17) is 16.3 Å². The zero-order valence-corrected chi connectivity index (χ0v) is 21.9. The Morgan fingerprint density at radius 3 is 2.60 bits per heavy atom. The van der Waals surface area contributed by atoms with Gasteiger partial charge in [-0.25, -0.2) is 0 Å². The second kappa shape index (κ2) is 9.59. The molecule has 35 heavy (non-hydrogen) atoms. The van der Waals surface area contributed by atoms with E-state index in [9.17, 15) is 14.4 Å². The molecule has 7 nitrogen and oxygen atoms in total. The van der Waals surface area contributed by atoms with E-state index in [0.29, 0.717) is 22.4 Å². The van der Waals surface area contributed by atoms with Crippen LogP contribution in [0.2, 0.25) is 5.02 Å². The number of methoxy groups -OCH3 is 1. The maximum atomic E-state index is 13.0. The summed E-state index contributed by atoms with van der Waals surface area (Å²) in [6.07, 6.45) is 2.66. The fourth-order valence-electron chi connectivity index (χ4n) is 4.56. The van der Waals surface area contributed by atoms with Gasteiger partial charge in [-0.15, -0.1) is 0 Å². The molecule has 2 heterocycles. The van der Waals surface area contributed by atoms with E-state index in [0.717, 1.165) is 34.3 Å². The number of carbonyl (C=O) groups excluding carboxylic acids is 3. The monoisotopic (exact) mass is 513 g/mol. The summed E-state index contributed by atoms with van der Waals surface area (Å²) in [6, 6.07) is 10.6. The highest BCUT2D eigenvalue weighted by Crippen LogP contribution is 2.45. The first kappa shape index (κ1) is 25.1. The Bertz CT molecular complexity index is 1230. The van der Waals surface area contributed by atoms with Crippen LogP contribution in [0.3, 0.4) is 0 Å². The molecular formula is C26H28ClN3O4S. The third kappa shape index (κ3) is 5.04. The number of anilines is 2. The molecule has 1 unspecified atom stereocenters. The first-order chi connectivity index (χ1) is 16.5. The van der Waals surface area contributed by atoms with Gasteiger partial charge in [-0.3, -0.25) is 19.3 Å². The van der Waals surface area contributed by atoms with Gasteiger partial charge in [0.1, 0.15) is 12.3 Å². The fourth-order valence-corrected chi connectivity index (χ4v) is 5.51. The van der Waals surface area contributed by atoms with Crippen molar-refractivity contribution in [3.8, 4) is 5.75 Å². The summed E-state index contributed by atoms with van der Waals surface area (Å²) < 4.78 is 5.64. The Labute approximate surface area is 214 Å². The molecule has 2 aliphatic heterocycles. The number of imide groups is 1. The van der Waals surface area contributed by atoms with Gasteiger partial charge in [-0.2, -0.15) is 0 Å². The summed E-state index contributed by atoms with van der Waals surface area (Å²) in [5.41, 5.74) is 3.52. The molecule has 0 radical (unpaired) electrons. The number of hydrogen-bond donors (Lipinski definition) is 1. The molecular weight excluding hydrogens is 486 g/mol. The van der Waals surface area contributed by atoms with E-state index in [1.807, 2.05) is 12.1 Å². The Hall–Kier alpha value is -2.97. The third-order valence-electron chi connectivity index (χ3n) is 6.57. The topological polar surface area (TPSA) is 79.0 Å². The summed E-state index contributed by atoms with van der Waals surface area (Å²) in [4.78, 5) is 41.5. The van der Waals surface area contributed by atoms with Crippen molar-refractivity contribution in [2.75, 3.05) is 30.9 Å². The summed E-state index contributed by atoms with van der Waals surface area (Å²) in [5, 5.41) is 2.73. The molecule has 1 saturated heterocycles. The summed E-state index contributed by atoms with van der Waals surface area (Å²) in [5.74, 6) is -0.0345. The molecule has 1 fully saturated rings. The van der Waals surface area contributed by atoms with Gasteiger partial charge in [0.2, 0.25) is 5.91 Å². The van der Waals surface area contributed by atoms with Crippen LogP contribution in [-0.2, 0) is 9.59 Å². The number of hydrogen-bond acceptors (Lipinski definition) is 6. The van der Waals surface area contributed by atoms with Crippen molar-refractivity contribution in [2.45, 2.75) is 38.6 Å². The molecule has 0 bridgehead atoms. The Morgan fingerprint density at radius 2 is 1.94 bits per heavy atom. The number of rotatable bonds is 5. The van der Waals surface area contributed by atoms with Crippen molar-refractivity contribution in [1.82, 2.24) is 4.90 Å². The van der Waals surface area contributed by atoms with Crippen LogP contribution in [0.25, 0.3) is 6.08 Å². The van der Waals surface area contributed by atoms with Crippen molar-refractivity contribution < 1.29 is 19.1 Å². The maximum absolute atomic E-state index is 13.0. The SMILES string of the molecule is COc1cc2c(cc1/C=C1/SC(=O)N(CC(=O)Nc3ccc(Cl)cc3)C1=O)C(C)CC(C)(C)N2C. The highest BCUT2D eigenvalue weighted by Gasteiger charge is 2.38. The average Bonchev–Trinajstić information content (AvgIpc) is 3.06. The minimum absolute atomic E-state index is 0.00812. The molecule has 2 aliphatic rings. The van der Waals surface area contributed by atoms with E-state index in [-0.39, 0.29) is 17.0 Å². The predicted octanol–water partition coefficient (Wildman–Crippen LogP) is 5.75. The van der Waals surface area contributed by atoms with Crippen LogP contribution in [0, 0.1) is 0 Å². The van der Waals surface area contributed by atoms with E-state index >= 15 is 0 Å². The first-order valence-electron chi connectivity index (χ1n) is 11.3. The number of nitrogens with one attached hydrogen (secondary N) is 1. The second-order valence-electron chi connectivity index (χ2n) is 9.45. The number of thioether (sulfide) groups is 1. The Kier molecular flexibility index (Phi) is 6.88. The lowest BCUT2D eigenvalue weighted by Crippen LogP contribution is -2.45. The van der Waals surface area contributed by atoms with Crippen LogP contribution in [0.4, 0.5) is 16.2 Å². The van der Waals surface area contributed by atoms with Crippen LogP contribution >= 0.6 is 23.4 Å². The van der Waals surface area contributed by atoms with Gasteiger partial charge in [0, 0.05) is 40.6 Å². The fraction of sp³-hybridized carbons (Fsp3) is 0.346. The first-order valence-corrected chi connectivity index (χ1v) is 12.5. The molecule has 184 valence electrons. The van der Waals surface area contributed by atoms with Crippen LogP contribution in [-0.4, -0.2) is 48.2 Å². The molecule has 0 spiro atoms. The lowest BCUT2D eigenvalue weighted by atomic mass is 9.80. The van der Waals surface area contributed by atoms with Gasteiger partial charge in [0.25, 0.3) is 11.1 Å². The smallest absolute Gasteiger partial charge is 0.294 e. The van der Waals surface area contributed by atoms with E-state index in [1.165, 1.54) is 5.56 Å². The van der Waals surface area contributed by atoms with Crippen molar-refractivity contribution in [2.24, 2.45) is 0 Å². The highest BCUT2D eigenvalue weighted by atomic mass is 35.5. The number of benzene rings is 2. The minimum Gasteiger partial charge on any atom is -0.496 e. The zero-order chi connectivity index (χ0) is 25.5. The summed E-state index contributed by atoms with van der Waals surface area (Å²) in [7, 11) is 3.66. The van der Waals surface area contributed by atoms with Gasteiger partial charge in [-0.1, -0.05) is 18.5 Å². The predicted molar refractivity (Wildman–Crippen MR) is 141 cm³/mol. The molecule has 2 aromatic carbocycles. The van der Waals surface area contributed by atoms with Gasteiger partial charge < -0.3 is 15.0 Å². The van der Waals surface area contributed by atoms with Gasteiger partial charge in [0.05, 0.1) is 12.0 Å². The molecule has 1 atom stereocenters. The van der Waals surface area contributed by atoms with Crippen molar-refractivity contribution >= 4 is 57.9 Å². The lowest BCUT2D eigenvalue weighted by molar-refractivity contribution is -0.127. The second-order valence-corrected chi connectivity index (χ2v) is 10.9. The molecule has 3 amide bonds. The largest absolute Gasteiger partial charge is 0.496 e. The number of amides is 3. The molecule has 0 aliphatic carbocycles. The van der Waals surface area contributed by atoms with Crippen LogP contribution < -0.4 is 15.0 Å². The van der Waals surface area contributed by atoms with E-state index in [2.05, 4.69) is 38.0 Å². The molecule has 0 saturated carbocycles. The Morgan fingerprint density at radius 1 is 1.26 bits per heavy atom. The third-order valence-corrected chi connectivity index (χ3v) is 7.73. The number of carbonyl (C=O) groups is 3.